The SMILES string of the molecule is C[C@@H](Oc1cc(-n2cnc3cc(C4CCC(N5CCNCC5)NC4)ccc32)sc1C(N)=O)c1ccccc1Cl. The van der Waals surface area contributed by atoms with Crippen molar-refractivity contribution in [3.05, 3.63) is 75.9 Å². The van der Waals surface area contributed by atoms with Crippen molar-refractivity contribution in [1.82, 2.24) is 25.1 Å². The highest BCUT2D eigenvalue weighted by Gasteiger charge is 2.27. The Balaban J connectivity index is 1.20. The van der Waals surface area contributed by atoms with E-state index in [0.717, 1.165) is 67.2 Å². The number of thiophene rings is 1. The average molecular weight is 565 g/mol. The third-order valence-corrected chi connectivity index (χ3v) is 9.29. The third-order valence-electron chi connectivity index (χ3n) is 7.82. The molecule has 2 aliphatic heterocycles. The molecule has 6 rings (SSSR count). The molecule has 4 heterocycles. The summed E-state index contributed by atoms with van der Waals surface area (Å²) in [5.41, 5.74) is 9.78. The smallest absolute Gasteiger partial charge is 0.262 e. The first-order chi connectivity index (χ1) is 19.0. The van der Waals surface area contributed by atoms with Crippen molar-refractivity contribution in [1.29, 1.82) is 0 Å². The minimum Gasteiger partial charge on any atom is -0.484 e. The van der Waals surface area contributed by atoms with Crippen LogP contribution >= 0.6 is 22.9 Å². The molecule has 2 saturated heterocycles. The van der Waals surface area contributed by atoms with Crippen LogP contribution in [-0.2, 0) is 0 Å². The number of amides is 1. The number of nitrogens with zero attached hydrogens (tertiary/aromatic N) is 3. The molecule has 1 amide bonds. The van der Waals surface area contributed by atoms with Crippen LogP contribution in [-0.4, -0.2) is 59.2 Å². The van der Waals surface area contributed by atoms with Crippen molar-refractivity contribution < 1.29 is 9.53 Å². The summed E-state index contributed by atoms with van der Waals surface area (Å²) >= 11 is 7.66. The highest BCUT2D eigenvalue weighted by atomic mass is 35.5. The van der Waals surface area contributed by atoms with Gasteiger partial charge in [-0.1, -0.05) is 35.9 Å². The lowest BCUT2D eigenvalue weighted by Crippen LogP contribution is -2.55. The van der Waals surface area contributed by atoms with Crippen LogP contribution < -0.4 is 21.1 Å². The quantitative estimate of drug-likeness (QED) is 0.302. The Hall–Kier alpha value is -2.95. The van der Waals surface area contributed by atoms with E-state index in [-0.39, 0.29) is 6.10 Å². The summed E-state index contributed by atoms with van der Waals surface area (Å²) in [6.07, 6.45) is 4.23. The van der Waals surface area contributed by atoms with Crippen LogP contribution in [0.5, 0.6) is 5.75 Å². The molecule has 10 heteroatoms. The van der Waals surface area contributed by atoms with E-state index in [1.807, 2.05) is 41.8 Å². The summed E-state index contributed by atoms with van der Waals surface area (Å²) < 4.78 is 8.18. The van der Waals surface area contributed by atoms with Gasteiger partial charge in [0.15, 0.2) is 0 Å². The van der Waals surface area contributed by atoms with Crippen LogP contribution in [0.25, 0.3) is 16.0 Å². The van der Waals surface area contributed by atoms with Gasteiger partial charge < -0.3 is 21.1 Å². The van der Waals surface area contributed by atoms with Crippen molar-refractivity contribution in [2.45, 2.75) is 38.0 Å². The van der Waals surface area contributed by atoms with Gasteiger partial charge in [0.05, 0.1) is 17.2 Å². The molecule has 2 aliphatic rings. The standard InChI is InChI=1S/C29H33ClN6O2S/c1-18(21-4-2-3-5-22(21)30)38-25-15-27(39-28(25)29(31)37)36-17-34-23-14-19(6-8-24(23)36)20-7-9-26(33-16-20)35-12-10-32-11-13-35/h2-6,8,14-15,17-18,20,26,32-33H,7,9-13,16H2,1H3,(H2,31,37)/t18-,20?,26?/m1/s1. The maximum atomic E-state index is 12.3. The number of primary amides is 1. The van der Waals surface area contributed by atoms with E-state index in [2.05, 4.69) is 33.7 Å². The monoisotopic (exact) mass is 564 g/mol. The van der Waals surface area contributed by atoms with Gasteiger partial charge in [-0.2, -0.15) is 0 Å². The number of ether oxygens (including phenoxy) is 1. The molecule has 0 bridgehead atoms. The van der Waals surface area contributed by atoms with Gasteiger partial charge in [-0.3, -0.25) is 14.3 Å². The zero-order valence-corrected chi connectivity index (χ0v) is 23.5. The molecule has 4 N–H and O–H groups in total. The fourth-order valence-corrected chi connectivity index (χ4v) is 6.91. The van der Waals surface area contributed by atoms with Crippen molar-refractivity contribution in [2.24, 2.45) is 5.73 Å². The van der Waals surface area contributed by atoms with Crippen LogP contribution in [0.2, 0.25) is 5.02 Å². The fourth-order valence-electron chi connectivity index (χ4n) is 5.69. The van der Waals surface area contributed by atoms with Gasteiger partial charge in [-0.25, -0.2) is 4.98 Å². The van der Waals surface area contributed by atoms with E-state index < -0.39 is 5.91 Å². The predicted molar refractivity (Wildman–Crippen MR) is 156 cm³/mol. The lowest BCUT2D eigenvalue weighted by Gasteiger charge is -2.39. The van der Waals surface area contributed by atoms with E-state index in [9.17, 15) is 4.79 Å². The molecule has 0 saturated carbocycles. The van der Waals surface area contributed by atoms with Gasteiger partial charge in [0.25, 0.3) is 5.91 Å². The Morgan fingerprint density at radius 1 is 1.18 bits per heavy atom. The first-order valence-corrected chi connectivity index (χ1v) is 14.7. The molecule has 0 spiro atoms. The molecule has 0 aliphatic carbocycles. The number of carbonyl (C=O) groups excluding carboxylic acids is 1. The maximum Gasteiger partial charge on any atom is 0.262 e. The summed E-state index contributed by atoms with van der Waals surface area (Å²) in [7, 11) is 0. The minimum absolute atomic E-state index is 0.350. The number of nitrogens with one attached hydrogen (secondary N) is 2. The first kappa shape index (κ1) is 26.3. The number of benzene rings is 2. The number of halogens is 1. The molecule has 39 heavy (non-hydrogen) atoms. The Morgan fingerprint density at radius 3 is 2.74 bits per heavy atom. The van der Waals surface area contributed by atoms with Gasteiger partial charge in [0.2, 0.25) is 0 Å². The summed E-state index contributed by atoms with van der Waals surface area (Å²) in [4.78, 5) is 19.9. The van der Waals surface area contributed by atoms with Crippen molar-refractivity contribution >= 4 is 39.9 Å². The predicted octanol–water partition coefficient (Wildman–Crippen LogP) is 4.68. The Kier molecular flexibility index (Phi) is 7.59. The third kappa shape index (κ3) is 5.42. The molecule has 4 aromatic rings. The second-order valence-electron chi connectivity index (χ2n) is 10.3. The number of fused-ring (bicyclic) bond motifs is 1. The number of hydrogen-bond donors (Lipinski definition) is 3. The summed E-state index contributed by atoms with van der Waals surface area (Å²) in [6.45, 7) is 7.23. The molecular weight excluding hydrogens is 532 g/mol. The number of carbonyl (C=O) groups is 1. The van der Waals surface area contributed by atoms with Crippen molar-refractivity contribution in [3.63, 3.8) is 0 Å². The lowest BCUT2D eigenvalue weighted by molar-refractivity contribution is 0.0998. The molecule has 2 fully saturated rings. The van der Waals surface area contributed by atoms with Gasteiger partial charge in [-0.15, -0.1) is 11.3 Å². The minimum atomic E-state index is -0.525. The Bertz CT molecular complexity index is 1470. The van der Waals surface area contributed by atoms with Crippen LogP contribution in [0.4, 0.5) is 0 Å². The Morgan fingerprint density at radius 2 is 2.00 bits per heavy atom. The molecule has 2 aromatic heterocycles. The summed E-state index contributed by atoms with van der Waals surface area (Å²) in [5, 5.41) is 8.64. The fraction of sp³-hybridized carbons (Fsp3) is 0.379. The van der Waals surface area contributed by atoms with Crippen molar-refractivity contribution in [3.8, 4) is 10.8 Å². The van der Waals surface area contributed by atoms with Crippen LogP contribution in [0.15, 0.2) is 54.9 Å². The van der Waals surface area contributed by atoms with Crippen LogP contribution in [0.3, 0.4) is 0 Å². The van der Waals surface area contributed by atoms with E-state index in [1.165, 1.54) is 16.9 Å². The number of piperidine rings is 1. The van der Waals surface area contributed by atoms with Gasteiger partial charge in [0.1, 0.15) is 28.1 Å². The number of hydrogen-bond acceptors (Lipinski definition) is 7. The molecule has 8 nitrogen and oxygen atoms in total. The second-order valence-corrected chi connectivity index (χ2v) is 11.7. The van der Waals surface area contributed by atoms with Crippen LogP contribution in [0.1, 0.15) is 52.6 Å². The van der Waals surface area contributed by atoms with Gasteiger partial charge in [0, 0.05) is 49.4 Å². The largest absolute Gasteiger partial charge is 0.484 e. The van der Waals surface area contributed by atoms with E-state index in [1.54, 1.807) is 6.33 Å². The number of piperazine rings is 1. The van der Waals surface area contributed by atoms with E-state index >= 15 is 0 Å². The summed E-state index contributed by atoms with van der Waals surface area (Å²) in [5.74, 6) is 0.386. The molecule has 3 atom stereocenters. The number of rotatable bonds is 7. The van der Waals surface area contributed by atoms with Crippen molar-refractivity contribution in [2.75, 3.05) is 32.7 Å². The highest BCUT2D eigenvalue weighted by Crippen LogP contribution is 2.37. The average Bonchev–Trinajstić information content (AvgIpc) is 3.57. The number of aromatic nitrogens is 2. The molecule has 2 aromatic carbocycles. The molecule has 2 unspecified atom stereocenters. The molecule has 0 radical (unpaired) electrons. The summed E-state index contributed by atoms with van der Waals surface area (Å²) in [6, 6.07) is 15.9. The molecular formula is C29H33ClN6O2S. The zero-order valence-electron chi connectivity index (χ0n) is 21.9. The van der Waals surface area contributed by atoms with E-state index in [4.69, 9.17) is 27.1 Å². The normalized spacial score (nSPS) is 21.2. The first-order valence-electron chi connectivity index (χ1n) is 13.5. The van der Waals surface area contributed by atoms with Crippen LogP contribution in [0, 0.1) is 0 Å². The Labute approximate surface area is 237 Å². The number of imidazole rings is 1. The lowest BCUT2D eigenvalue weighted by atomic mass is 9.90. The van der Waals surface area contributed by atoms with Gasteiger partial charge >= 0.3 is 0 Å². The highest BCUT2D eigenvalue weighted by molar-refractivity contribution is 7.16. The zero-order chi connectivity index (χ0) is 26.9. The number of nitrogens with two attached hydrogens (primary N) is 1. The maximum absolute atomic E-state index is 12.3. The molecule has 204 valence electrons. The second kappa shape index (κ2) is 11.3. The van der Waals surface area contributed by atoms with E-state index in [0.29, 0.717) is 27.7 Å². The topological polar surface area (TPSA) is 97.4 Å². The van der Waals surface area contributed by atoms with Gasteiger partial charge in [-0.05, 0) is 49.4 Å².